The highest BCUT2D eigenvalue weighted by molar-refractivity contribution is 7.83. The Morgan fingerprint density at radius 2 is 0.821 bits per heavy atom. The highest BCUT2D eigenvalue weighted by Crippen LogP contribution is 2.37. The van der Waals surface area contributed by atoms with Gasteiger partial charge in [0.2, 0.25) is 0 Å². The molecule has 0 saturated heterocycles. The SMILES string of the molecule is COc1cc(OC)c(OC)cc1CS(=O)Cc1cc(OC)c(OC)cc1OC. The van der Waals surface area contributed by atoms with Gasteiger partial charge in [0.25, 0.3) is 0 Å². The summed E-state index contributed by atoms with van der Waals surface area (Å²) in [6, 6.07) is 7.01. The molecule has 0 N–H and O–H groups in total. The van der Waals surface area contributed by atoms with Crippen molar-refractivity contribution in [1.82, 2.24) is 0 Å². The number of rotatable bonds is 10. The first-order valence-corrected chi connectivity index (χ1v) is 9.92. The minimum Gasteiger partial charge on any atom is -0.496 e. The normalized spacial score (nSPS) is 10.5. The van der Waals surface area contributed by atoms with Crippen molar-refractivity contribution < 1.29 is 32.6 Å². The Hall–Kier alpha value is -2.61. The summed E-state index contributed by atoms with van der Waals surface area (Å²) in [7, 11) is 8.10. The molecule has 0 aliphatic rings. The predicted octanol–water partition coefficient (Wildman–Crippen LogP) is 3.19. The van der Waals surface area contributed by atoms with Gasteiger partial charge in [0, 0.05) is 34.1 Å². The molecule has 0 heterocycles. The molecule has 0 aliphatic heterocycles. The van der Waals surface area contributed by atoms with E-state index in [0.717, 1.165) is 11.1 Å². The van der Waals surface area contributed by atoms with E-state index in [4.69, 9.17) is 28.4 Å². The van der Waals surface area contributed by atoms with Crippen LogP contribution in [0.5, 0.6) is 34.5 Å². The first-order valence-electron chi connectivity index (χ1n) is 8.43. The molecule has 0 spiro atoms. The van der Waals surface area contributed by atoms with Gasteiger partial charge in [0.15, 0.2) is 23.0 Å². The Morgan fingerprint density at radius 1 is 0.536 bits per heavy atom. The summed E-state index contributed by atoms with van der Waals surface area (Å²) >= 11 is 0. The maximum atomic E-state index is 12.9. The lowest BCUT2D eigenvalue weighted by Crippen LogP contribution is -2.05. The molecule has 0 radical (unpaired) electrons. The molecule has 0 atom stereocenters. The Balaban J connectivity index is 2.29. The smallest absolute Gasteiger partial charge is 0.164 e. The molecule has 2 aromatic rings. The zero-order chi connectivity index (χ0) is 20.7. The predicted molar refractivity (Wildman–Crippen MR) is 108 cm³/mol. The second-order valence-corrected chi connectivity index (χ2v) is 7.22. The highest BCUT2D eigenvalue weighted by atomic mass is 32.2. The van der Waals surface area contributed by atoms with Gasteiger partial charge in [-0.1, -0.05) is 0 Å². The van der Waals surface area contributed by atoms with Crippen LogP contribution in [-0.4, -0.2) is 46.9 Å². The third-order valence-corrected chi connectivity index (χ3v) is 5.47. The second-order valence-electron chi connectivity index (χ2n) is 5.77. The van der Waals surface area contributed by atoms with Gasteiger partial charge in [0.1, 0.15) is 11.5 Å². The summed E-state index contributed by atoms with van der Waals surface area (Å²) in [5.74, 6) is 3.95. The minimum absolute atomic E-state index is 0.279. The molecule has 0 fully saturated rings. The number of benzene rings is 2. The van der Waals surface area contributed by atoms with Crippen molar-refractivity contribution in [1.29, 1.82) is 0 Å². The van der Waals surface area contributed by atoms with Crippen molar-refractivity contribution in [2.45, 2.75) is 11.5 Å². The van der Waals surface area contributed by atoms with Crippen molar-refractivity contribution in [2.24, 2.45) is 0 Å². The Kier molecular flexibility index (Phi) is 7.80. The Labute approximate surface area is 167 Å². The highest BCUT2D eigenvalue weighted by Gasteiger charge is 2.17. The first kappa shape index (κ1) is 21.7. The summed E-state index contributed by atoms with van der Waals surface area (Å²) < 4.78 is 45.0. The van der Waals surface area contributed by atoms with Gasteiger partial charge in [-0.2, -0.15) is 0 Å². The fraction of sp³-hybridized carbons (Fsp3) is 0.400. The number of hydrogen-bond donors (Lipinski definition) is 0. The van der Waals surface area contributed by atoms with Gasteiger partial charge in [-0.25, -0.2) is 0 Å². The average molecular weight is 410 g/mol. The lowest BCUT2D eigenvalue weighted by atomic mass is 10.2. The van der Waals surface area contributed by atoms with Crippen LogP contribution in [0.25, 0.3) is 0 Å². The van der Waals surface area contributed by atoms with Gasteiger partial charge in [-0.15, -0.1) is 0 Å². The van der Waals surface area contributed by atoms with Crippen LogP contribution >= 0.6 is 0 Å². The van der Waals surface area contributed by atoms with E-state index in [1.807, 2.05) is 0 Å². The van der Waals surface area contributed by atoms with Crippen LogP contribution in [-0.2, 0) is 22.3 Å². The fourth-order valence-corrected chi connectivity index (χ4v) is 4.06. The third-order valence-electron chi connectivity index (χ3n) is 4.21. The molecular weight excluding hydrogens is 384 g/mol. The zero-order valence-electron chi connectivity index (χ0n) is 17.0. The monoisotopic (exact) mass is 410 g/mol. The molecule has 28 heavy (non-hydrogen) atoms. The van der Waals surface area contributed by atoms with Crippen molar-refractivity contribution in [3.8, 4) is 34.5 Å². The van der Waals surface area contributed by atoms with Gasteiger partial charge in [-0.3, -0.25) is 4.21 Å². The molecule has 0 aromatic heterocycles. The van der Waals surface area contributed by atoms with Gasteiger partial charge < -0.3 is 28.4 Å². The van der Waals surface area contributed by atoms with Gasteiger partial charge in [-0.05, 0) is 12.1 Å². The second kappa shape index (κ2) is 10.1. The number of methoxy groups -OCH3 is 6. The molecule has 0 saturated carbocycles. The summed E-state index contributed by atoms with van der Waals surface area (Å²) in [6.45, 7) is 0. The topological polar surface area (TPSA) is 72.5 Å². The largest absolute Gasteiger partial charge is 0.496 e. The number of hydrogen-bond acceptors (Lipinski definition) is 7. The molecule has 0 bridgehead atoms. The van der Waals surface area contributed by atoms with Crippen LogP contribution in [0.4, 0.5) is 0 Å². The quantitative estimate of drug-likeness (QED) is 0.596. The van der Waals surface area contributed by atoms with Gasteiger partial charge in [0.05, 0.1) is 54.2 Å². The van der Waals surface area contributed by atoms with Crippen LogP contribution in [0, 0.1) is 0 Å². The van der Waals surface area contributed by atoms with Gasteiger partial charge >= 0.3 is 0 Å². The fourth-order valence-electron chi connectivity index (χ4n) is 2.81. The maximum Gasteiger partial charge on any atom is 0.164 e. The van der Waals surface area contributed by atoms with E-state index in [1.165, 1.54) is 0 Å². The summed E-state index contributed by atoms with van der Waals surface area (Å²) in [5.41, 5.74) is 1.52. The molecule has 0 unspecified atom stereocenters. The van der Waals surface area contributed by atoms with E-state index in [-0.39, 0.29) is 11.5 Å². The van der Waals surface area contributed by atoms with Crippen LogP contribution in [0.3, 0.4) is 0 Å². The van der Waals surface area contributed by atoms with E-state index in [9.17, 15) is 4.21 Å². The summed E-state index contributed by atoms with van der Waals surface area (Å²) in [5, 5.41) is 0. The Bertz CT molecular complexity index is 768. The molecule has 7 nitrogen and oxygen atoms in total. The van der Waals surface area contributed by atoms with Crippen molar-refractivity contribution in [3.05, 3.63) is 35.4 Å². The molecular formula is C20H26O7S. The first-order chi connectivity index (χ1) is 13.5. The third kappa shape index (κ3) is 4.81. The molecule has 8 heteroatoms. The van der Waals surface area contributed by atoms with Crippen molar-refractivity contribution in [2.75, 3.05) is 42.7 Å². The summed E-state index contributed by atoms with van der Waals surface area (Å²) in [6.07, 6.45) is 0. The van der Waals surface area contributed by atoms with Crippen LogP contribution in [0.1, 0.15) is 11.1 Å². The zero-order valence-corrected chi connectivity index (χ0v) is 17.8. The van der Waals surface area contributed by atoms with E-state index >= 15 is 0 Å². The summed E-state index contributed by atoms with van der Waals surface area (Å²) in [4.78, 5) is 0. The molecule has 2 aromatic carbocycles. The molecule has 154 valence electrons. The van der Waals surface area contributed by atoms with E-state index < -0.39 is 10.8 Å². The lowest BCUT2D eigenvalue weighted by molar-refractivity contribution is 0.348. The lowest BCUT2D eigenvalue weighted by Gasteiger charge is -2.15. The number of ether oxygens (including phenoxy) is 6. The maximum absolute atomic E-state index is 12.9. The molecule has 0 aliphatic carbocycles. The van der Waals surface area contributed by atoms with E-state index in [0.29, 0.717) is 34.5 Å². The van der Waals surface area contributed by atoms with Crippen LogP contribution < -0.4 is 28.4 Å². The van der Waals surface area contributed by atoms with E-state index in [2.05, 4.69) is 0 Å². The molecule has 2 rings (SSSR count). The van der Waals surface area contributed by atoms with Crippen LogP contribution in [0.2, 0.25) is 0 Å². The van der Waals surface area contributed by atoms with Crippen molar-refractivity contribution >= 4 is 10.8 Å². The minimum atomic E-state index is -1.24. The van der Waals surface area contributed by atoms with Crippen LogP contribution in [0.15, 0.2) is 24.3 Å². The Morgan fingerprint density at radius 3 is 1.11 bits per heavy atom. The molecule has 0 amide bonds. The van der Waals surface area contributed by atoms with E-state index in [1.54, 1.807) is 66.9 Å². The van der Waals surface area contributed by atoms with Crippen molar-refractivity contribution in [3.63, 3.8) is 0 Å². The standard InChI is InChI=1S/C20H26O7S/c1-22-15-9-19(26-5)17(24-3)7-13(15)11-28(21)12-14-8-18(25-4)20(27-6)10-16(14)23-2/h7-10H,11-12H2,1-6H3. The average Bonchev–Trinajstić information content (AvgIpc) is 2.72.